The van der Waals surface area contributed by atoms with Gasteiger partial charge in [0.1, 0.15) is 5.75 Å². The number of nitrogens with two attached hydrogens (primary N) is 1. The van der Waals surface area contributed by atoms with Crippen molar-refractivity contribution >= 4 is 0 Å². The molecule has 0 fully saturated rings. The summed E-state index contributed by atoms with van der Waals surface area (Å²) in [6, 6.07) is 8.67. The van der Waals surface area contributed by atoms with Gasteiger partial charge < -0.3 is 10.5 Å². The summed E-state index contributed by atoms with van der Waals surface area (Å²) in [5, 5.41) is 0. The van der Waals surface area contributed by atoms with Gasteiger partial charge in [-0.05, 0) is 42.9 Å². The first-order valence-corrected chi connectivity index (χ1v) is 6.06. The zero-order valence-electron chi connectivity index (χ0n) is 10.6. The molecule has 0 aliphatic heterocycles. The van der Waals surface area contributed by atoms with Crippen molar-refractivity contribution < 1.29 is 4.74 Å². The highest BCUT2D eigenvalue weighted by Gasteiger charge is 2.07. The van der Waals surface area contributed by atoms with Crippen molar-refractivity contribution in [3.8, 4) is 5.75 Å². The Hall–Kier alpha value is -1.02. The van der Waals surface area contributed by atoms with Gasteiger partial charge in [0.25, 0.3) is 0 Å². The molecule has 2 unspecified atom stereocenters. The molecule has 0 saturated carbocycles. The van der Waals surface area contributed by atoms with Gasteiger partial charge in [-0.2, -0.15) is 0 Å². The van der Waals surface area contributed by atoms with Crippen LogP contribution in [0.1, 0.15) is 44.6 Å². The highest BCUT2D eigenvalue weighted by molar-refractivity contribution is 5.29. The number of rotatable bonds is 6. The van der Waals surface area contributed by atoms with E-state index in [0.29, 0.717) is 12.0 Å². The molecule has 0 spiro atoms. The molecule has 0 aliphatic rings. The van der Waals surface area contributed by atoms with E-state index in [1.807, 2.05) is 12.1 Å². The van der Waals surface area contributed by atoms with Gasteiger partial charge in [-0.15, -0.1) is 0 Å². The van der Waals surface area contributed by atoms with Gasteiger partial charge in [0, 0.05) is 6.04 Å². The molecule has 0 radical (unpaired) electrons. The minimum atomic E-state index is 0.348. The Balaban J connectivity index is 2.49. The van der Waals surface area contributed by atoms with E-state index >= 15 is 0 Å². The number of ether oxygens (including phenoxy) is 1. The van der Waals surface area contributed by atoms with Crippen LogP contribution in [-0.4, -0.2) is 13.2 Å². The maximum atomic E-state index is 5.92. The molecule has 2 N–H and O–H groups in total. The first-order chi connectivity index (χ1) is 7.67. The average molecular weight is 221 g/mol. The predicted octanol–water partition coefficient (Wildman–Crippen LogP) is 3.32. The van der Waals surface area contributed by atoms with Crippen LogP contribution in [0.4, 0.5) is 0 Å². The van der Waals surface area contributed by atoms with Crippen molar-refractivity contribution in [1.29, 1.82) is 0 Å². The molecule has 0 heterocycles. The second-order valence-electron chi connectivity index (χ2n) is 4.42. The summed E-state index contributed by atoms with van der Waals surface area (Å²) in [5.41, 5.74) is 7.29. The molecule has 90 valence electrons. The van der Waals surface area contributed by atoms with E-state index in [2.05, 4.69) is 26.0 Å². The van der Waals surface area contributed by atoms with Crippen molar-refractivity contribution in [2.75, 3.05) is 7.11 Å². The Kier molecular flexibility index (Phi) is 5.33. The second kappa shape index (κ2) is 6.54. The Morgan fingerprint density at radius 3 is 2.31 bits per heavy atom. The van der Waals surface area contributed by atoms with Crippen LogP contribution in [0.3, 0.4) is 0 Å². The van der Waals surface area contributed by atoms with Crippen LogP contribution >= 0.6 is 0 Å². The van der Waals surface area contributed by atoms with Crippen LogP contribution < -0.4 is 10.5 Å². The predicted molar refractivity (Wildman–Crippen MR) is 68.9 cm³/mol. The highest BCUT2D eigenvalue weighted by atomic mass is 16.5. The lowest BCUT2D eigenvalue weighted by Gasteiger charge is -2.15. The highest BCUT2D eigenvalue weighted by Crippen LogP contribution is 2.23. The third-order valence-corrected chi connectivity index (χ3v) is 3.18. The van der Waals surface area contributed by atoms with Crippen molar-refractivity contribution in [2.24, 2.45) is 5.73 Å². The van der Waals surface area contributed by atoms with Gasteiger partial charge in [0.2, 0.25) is 0 Å². The molecule has 0 aliphatic carbocycles. The molecule has 2 atom stereocenters. The van der Waals surface area contributed by atoms with Crippen molar-refractivity contribution in [1.82, 2.24) is 0 Å². The lowest BCUT2D eigenvalue weighted by atomic mass is 9.94. The normalized spacial score (nSPS) is 14.5. The molecule has 2 heteroatoms. The summed E-state index contributed by atoms with van der Waals surface area (Å²) in [4.78, 5) is 0. The van der Waals surface area contributed by atoms with Crippen molar-refractivity contribution in [3.05, 3.63) is 29.8 Å². The van der Waals surface area contributed by atoms with Crippen LogP contribution in [0.5, 0.6) is 5.75 Å². The van der Waals surface area contributed by atoms with E-state index in [1.54, 1.807) is 7.11 Å². The monoisotopic (exact) mass is 221 g/mol. The lowest BCUT2D eigenvalue weighted by molar-refractivity contribution is 0.414. The van der Waals surface area contributed by atoms with Crippen molar-refractivity contribution in [3.63, 3.8) is 0 Å². The molecular weight excluding hydrogens is 198 g/mol. The van der Waals surface area contributed by atoms with Crippen molar-refractivity contribution in [2.45, 2.75) is 45.1 Å². The van der Waals surface area contributed by atoms with Crippen LogP contribution in [-0.2, 0) is 0 Å². The van der Waals surface area contributed by atoms with Gasteiger partial charge >= 0.3 is 0 Å². The third-order valence-electron chi connectivity index (χ3n) is 3.18. The molecule has 1 rings (SSSR count). The Labute approximate surface area is 98.8 Å². The van der Waals surface area contributed by atoms with E-state index in [0.717, 1.165) is 25.0 Å². The van der Waals surface area contributed by atoms with E-state index in [-0.39, 0.29) is 0 Å². The van der Waals surface area contributed by atoms with Gasteiger partial charge in [-0.3, -0.25) is 0 Å². The molecule has 1 aromatic rings. The quantitative estimate of drug-likeness (QED) is 0.799. The van der Waals surface area contributed by atoms with E-state index in [1.165, 1.54) is 5.56 Å². The van der Waals surface area contributed by atoms with Gasteiger partial charge in [0.15, 0.2) is 0 Å². The first kappa shape index (κ1) is 13.0. The Morgan fingerprint density at radius 1 is 1.19 bits per heavy atom. The second-order valence-corrected chi connectivity index (χ2v) is 4.42. The Bertz CT molecular complexity index is 294. The zero-order valence-corrected chi connectivity index (χ0v) is 10.6. The molecular formula is C14H23NO. The summed E-state index contributed by atoms with van der Waals surface area (Å²) < 4.78 is 5.14. The average Bonchev–Trinajstić information content (AvgIpc) is 2.35. The fourth-order valence-electron chi connectivity index (χ4n) is 1.77. The van der Waals surface area contributed by atoms with Gasteiger partial charge in [-0.1, -0.05) is 26.0 Å². The minimum absolute atomic E-state index is 0.348. The largest absolute Gasteiger partial charge is 0.497 e. The Morgan fingerprint density at radius 2 is 1.81 bits per heavy atom. The fourth-order valence-corrected chi connectivity index (χ4v) is 1.77. The summed E-state index contributed by atoms with van der Waals surface area (Å²) in [6.07, 6.45) is 3.32. The minimum Gasteiger partial charge on any atom is -0.497 e. The van der Waals surface area contributed by atoms with E-state index < -0.39 is 0 Å². The molecule has 0 aromatic heterocycles. The molecule has 0 saturated heterocycles. The summed E-state index contributed by atoms with van der Waals surface area (Å²) in [6.45, 7) is 4.40. The van der Waals surface area contributed by atoms with Crippen LogP contribution in [0.2, 0.25) is 0 Å². The topological polar surface area (TPSA) is 35.2 Å². The zero-order chi connectivity index (χ0) is 12.0. The van der Waals surface area contributed by atoms with E-state index in [9.17, 15) is 0 Å². The molecule has 0 amide bonds. The van der Waals surface area contributed by atoms with Crippen LogP contribution in [0.25, 0.3) is 0 Å². The number of hydrogen-bond acceptors (Lipinski definition) is 2. The third kappa shape index (κ3) is 3.86. The molecule has 1 aromatic carbocycles. The maximum Gasteiger partial charge on any atom is 0.118 e. The lowest BCUT2D eigenvalue weighted by Crippen LogP contribution is -2.18. The summed E-state index contributed by atoms with van der Waals surface area (Å²) in [5.74, 6) is 1.49. The van der Waals surface area contributed by atoms with Crippen LogP contribution in [0.15, 0.2) is 24.3 Å². The summed E-state index contributed by atoms with van der Waals surface area (Å²) >= 11 is 0. The molecule has 16 heavy (non-hydrogen) atoms. The maximum absolute atomic E-state index is 5.92. The fraction of sp³-hybridized carbons (Fsp3) is 0.571. The summed E-state index contributed by atoms with van der Waals surface area (Å²) in [7, 11) is 1.69. The molecule has 2 nitrogen and oxygen atoms in total. The first-order valence-electron chi connectivity index (χ1n) is 6.06. The number of methoxy groups -OCH3 is 1. The SMILES string of the molecule is CCC(N)CCC(C)c1ccc(OC)cc1. The smallest absolute Gasteiger partial charge is 0.118 e. The van der Waals surface area contributed by atoms with Crippen LogP contribution in [0, 0.1) is 0 Å². The number of hydrogen-bond donors (Lipinski definition) is 1. The van der Waals surface area contributed by atoms with Gasteiger partial charge in [-0.25, -0.2) is 0 Å². The van der Waals surface area contributed by atoms with E-state index in [4.69, 9.17) is 10.5 Å². The van der Waals surface area contributed by atoms with Gasteiger partial charge in [0.05, 0.1) is 7.11 Å². The molecule has 0 bridgehead atoms. The number of benzene rings is 1. The standard InChI is InChI=1S/C14H23NO/c1-4-13(15)8-5-11(2)12-6-9-14(16-3)10-7-12/h6-7,9-11,13H,4-5,8,15H2,1-3H3.